The number of benzene rings is 7. The second-order valence-corrected chi connectivity index (χ2v) is 12.4. The number of hydrogen-bond donors (Lipinski definition) is 0. The van der Waals surface area contributed by atoms with Gasteiger partial charge in [0, 0.05) is 11.1 Å². The zero-order valence-electron chi connectivity index (χ0n) is 25.4. The van der Waals surface area contributed by atoms with Crippen LogP contribution in [-0.4, -0.2) is 15.0 Å². The monoisotopic (exact) mass is 597 g/mol. The fourth-order valence-electron chi connectivity index (χ4n) is 8.18. The smallest absolute Gasteiger partial charge is 0.164 e. The molecule has 1 spiro atoms. The summed E-state index contributed by atoms with van der Waals surface area (Å²) >= 11 is 0. The SMILES string of the molecule is c1ccc(-c2cccc(-c3ncnc(-c4cccc5c4-c4ccccc4C54c5ccccc5-c5c4ccc4ccccc54)n3)c2)cc1. The summed E-state index contributed by atoms with van der Waals surface area (Å²) in [6.45, 7) is 0. The lowest BCUT2D eigenvalue weighted by molar-refractivity contribution is 0.794. The summed E-state index contributed by atoms with van der Waals surface area (Å²) in [5, 5.41) is 2.55. The Morgan fingerprint density at radius 3 is 1.83 bits per heavy atom. The van der Waals surface area contributed by atoms with Gasteiger partial charge in [0.2, 0.25) is 0 Å². The molecule has 2 aliphatic carbocycles. The van der Waals surface area contributed by atoms with Gasteiger partial charge in [-0.1, -0.05) is 152 Å². The maximum Gasteiger partial charge on any atom is 0.164 e. The van der Waals surface area contributed by atoms with E-state index in [-0.39, 0.29) is 0 Å². The summed E-state index contributed by atoms with van der Waals surface area (Å²) in [4.78, 5) is 14.6. The Morgan fingerprint density at radius 1 is 0.383 bits per heavy atom. The van der Waals surface area contributed by atoms with E-state index >= 15 is 0 Å². The Kier molecular flexibility index (Phi) is 5.49. The molecule has 2 aliphatic rings. The normalized spacial score (nSPS) is 15.3. The zero-order valence-corrected chi connectivity index (χ0v) is 25.4. The van der Waals surface area contributed by atoms with E-state index in [0.717, 1.165) is 22.3 Å². The topological polar surface area (TPSA) is 38.7 Å². The highest BCUT2D eigenvalue weighted by atomic mass is 15.0. The maximum atomic E-state index is 5.12. The first-order chi connectivity index (χ1) is 23.3. The minimum atomic E-state index is -0.447. The summed E-state index contributed by atoms with van der Waals surface area (Å²) < 4.78 is 0. The summed E-state index contributed by atoms with van der Waals surface area (Å²) in [6.07, 6.45) is 1.65. The van der Waals surface area contributed by atoms with E-state index in [9.17, 15) is 0 Å². The average Bonchev–Trinajstić information content (AvgIpc) is 3.63. The van der Waals surface area contributed by atoms with Crippen LogP contribution in [-0.2, 0) is 5.41 Å². The van der Waals surface area contributed by atoms with Crippen LogP contribution < -0.4 is 0 Å². The molecular formula is C44H27N3. The van der Waals surface area contributed by atoms with Crippen LogP contribution in [0, 0.1) is 0 Å². The van der Waals surface area contributed by atoms with E-state index in [1.54, 1.807) is 6.33 Å². The minimum Gasteiger partial charge on any atom is -0.217 e. The van der Waals surface area contributed by atoms with Crippen molar-refractivity contribution in [1.29, 1.82) is 0 Å². The van der Waals surface area contributed by atoms with Crippen molar-refractivity contribution < 1.29 is 0 Å². The van der Waals surface area contributed by atoms with Crippen LogP contribution in [0.2, 0.25) is 0 Å². The third kappa shape index (κ3) is 3.60. The summed E-state index contributed by atoms with van der Waals surface area (Å²) in [5.41, 5.74) is 14.1. The van der Waals surface area contributed by atoms with Crippen LogP contribution in [0.1, 0.15) is 22.3 Å². The standard InChI is InChI=1S/C44H27N3/c1-2-12-28(13-3-1)30-15-10-16-31(26-30)42-45-27-46-43(47-42)35-20-11-23-38-41(35)34-19-7-9-22-37(34)44(38)36-21-8-6-18-33(36)40-32-17-5-4-14-29(32)24-25-39(40)44/h1-27H. The van der Waals surface area contributed by atoms with Crippen molar-refractivity contribution in [2.75, 3.05) is 0 Å². The van der Waals surface area contributed by atoms with Gasteiger partial charge in [-0.3, -0.25) is 0 Å². The molecule has 8 aromatic rings. The molecule has 7 aromatic carbocycles. The fourth-order valence-corrected chi connectivity index (χ4v) is 8.18. The van der Waals surface area contributed by atoms with Crippen molar-refractivity contribution in [1.82, 2.24) is 15.0 Å². The van der Waals surface area contributed by atoms with Crippen LogP contribution in [0.5, 0.6) is 0 Å². The van der Waals surface area contributed by atoms with Crippen molar-refractivity contribution in [3.05, 3.63) is 186 Å². The molecule has 0 fully saturated rings. The van der Waals surface area contributed by atoms with Crippen LogP contribution in [0.15, 0.2) is 164 Å². The van der Waals surface area contributed by atoms with E-state index in [1.807, 2.05) is 6.07 Å². The minimum absolute atomic E-state index is 0.447. The number of hydrogen-bond acceptors (Lipinski definition) is 3. The van der Waals surface area contributed by atoms with Gasteiger partial charge in [0.1, 0.15) is 6.33 Å². The number of fused-ring (bicyclic) bond motifs is 12. The van der Waals surface area contributed by atoms with E-state index in [4.69, 9.17) is 9.97 Å². The highest BCUT2D eigenvalue weighted by Crippen LogP contribution is 2.64. The van der Waals surface area contributed by atoms with Gasteiger partial charge in [0.05, 0.1) is 5.41 Å². The molecule has 0 saturated heterocycles. The van der Waals surface area contributed by atoms with Crippen LogP contribution in [0.3, 0.4) is 0 Å². The second kappa shape index (κ2) is 9.90. The highest BCUT2D eigenvalue weighted by molar-refractivity contribution is 6.07. The van der Waals surface area contributed by atoms with Crippen molar-refractivity contribution in [3.8, 4) is 56.2 Å². The van der Waals surface area contributed by atoms with Gasteiger partial charge in [0.15, 0.2) is 11.6 Å². The van der Waals surface area contributed by atoms with E-state index in [0.29, 0.717) is 11.6 Å². The van der Waals surface area contributed by atoms with Crippen molar-refractivity contribution in [3.63, 3.8) is 0 Å². The number of aromatic nitrogens is 3. The molecule has 0 amide bonds. The molecule has 1 unspecified atom stereocenters. The molecule has 1 heterocycles. The van der Waals surface area contributed by atoms with Gasteiger partial charge in [-0.15, -0.1) is 0 Å². The summed E-state index contributed by atoms with van der Waals surface area (Å²) in [5.74, 6) is 1.34. The molecular weight excluding hydrogens is 571 g/mol. The van der Waals surface area contributed by atoms with Gasteiger partial charge < -0.3 is 0 Å². The van der Waals surface area contributed by atoms with Crippen molar-refractivity contribution >= 4 is 10.8 Å². The molecule has 3 heteroatoms. The molecule has 0 radical (unpaired) electrons. The molecule has 0 aliphatic heterocycles. The fraction of sp³-hybridized carbons (Fsp3) is 0.0227. The molecule has 0 saturated carbocycles. The van der Waals surface area contributed by atoms with E-state index < -0.39 is 5.41 Å². The average molecular weight is 598 g/mol. The predicted molar refractivity (Wildman–Crippen MR) is 190 cm³/mol. The van der Waals surface area contributed by atoms with Gasteiger partial charge in [-0.2, -0.15) is 0 Å². The largest absolute Gasteiger partial charge is 0.217 e. The van der Waals surface area contributed by atoms with E-state index in [2.05, 4.69) is 157 Å². The van der Waals surface area contributed by atoms with Gasteiger partial charge in [-0.05, 0) is 72.5 Å². The molecule has 1 atom stereocenters. The molecule has 10 rings (SSSR count). The lowest BCUT2D eigenvalue weighted by Crippen LogP contribution is -2.25. The summed E-state index contributed by atoms with van der Waals surface area (Å²) in [6, 6.07) is 56.7. The molecule has 3 nitrogen and oxygen atoms in total. The number of nitrogens with zero attached hydrogens (tertiary/aromatic N) is 3. The van der Waals surface area contributed by atoms with Crippen LogP contribution in [0.4, 0.5) is 0 Å². The lowest BCUT2D eigenvalue weighted by Gasteiger charge is -2.30. The summed E-state index contributed by atoms with van der Waals surface area (Å²) in [7, 11) is 0. The Hall–Kier alpha value is -6.19. The molecule has 218 valence electrons. The van der Waals surface area contributed by atoms with Crippen LogP contribution >= 0.6 is 0 Å². The highest BCUT2D eigenvalue weighted by Gasteiger charge is 2.52. The third-order valence-corrected chi connectivity index (χ3v) is 10.0. The lowest BCUT2D eigenvalue weighted by atomic mass is 9.70. The van der Waals surface area contributed by atoms with Gasteiger partial charge >= 0.3 is 0 Å². The molecule has 1 aromatic heterocycles. The third-order valence-electron chi connectivity index (χ3n) is 10.0. The van der Waals surface area contributed by atoms with Gasteiger partial charge in [-0.25, -0.2) is 15.0 Å². The molecule has 0 N–H and O–H groups in total. The Bertz CT molecular complexity index is 2530. The van der Waals surface area contributed by atoms with Crippen molar-refractivity contribution in [2.45, 2.75) is 5.41 Å². The van der Waals surface area contributed by atoms with Crippen LogP contribution in [0.25, 0.3) is 66.9 Å². The first-order valence-electron chi connectivity index (χ1n) is 16.0. The quantitative estimate of drug-likeness (QED) is 0.203. The van der Waals surface area contributed by atoms with Gasteiger partial charge in [0.25, 0.3) is 0 Å². The zero-order chi connectivity index (χ0) is 31.0. The molecule has 0 bridgehead atoms. The Balaban J connectivity index is 1.21. The maximum absolute atomic E-state index is 5.12. The first kappa shape index (κ1) is 26.1. The second-order valence-electron chi connectivity index (χ2n) is 12.4. The Labute approximate surface area is 272 Å². The Morgan fingerprint density at radius 2 is 0.979 bits per heavy atom. The van der Waals surface area contributed by atoms with Crippen molar-refractivity contribution in [2.24, 2.45) is 0 Å². The first-order valence-corrected chi connectivity index (χ1v) is 16.0. The predicted octanol–water partition coefficient (Wildman–Crippen LogP) is 10.4. The number of rotatable bonds is 3. The van der Waals surface area contributed by atoms with E-state index in [1.165, 1.54) is 55.3 Å². The molecule has 47 heavy (non-hydrogen) atoms.